The smallest absolute Gasteiger partial charge is 0.313 e. The summed E-state index contributed by atoms with van der Waals surface area (Å²) in [5, 5.41) is 10.5. The van der Waals surface area contributed by atoms with Crippen molar-refractivity contribution in [3.8, 4) is 0 Å². The average Bonchev–Trinajstić information content (AvgIpc) is 3.37. The van der Waals surface area contributed by atoms with E-state index in [1.165, 1.54) is 57.4 Å². The SMILES string of the molecule is CC(=O)O[C@H]1CCC23CC24CC[C@]2(C)[C@@H]([C@H](C)CCC=C(C)C)CC[C@@]2(C)C4CC[C@H]3[C@]1(C)C(=O)O. The lowest BCUT2D eigenvalue weighted by Gasteiger charge is -2.63. The second-order valence-electron chi connectivity index (χ2n) is 14.7. The van der Waals surface area contributed by atoms with Crippen molar-refractivity contribution < 1.29 is 19.4 Å². The molecule has 0 heterocycles. The van der Waals surface area contributed by atoms with Crippen molar-refractivity contribution in [3.05, 3.63) is 11.6 Å². The molecule has 3 unspecified atom stereocenters. The van der Waals surface area contributed by atoms with Gasteiger partial charge in [-0.2, -0.15) is 0 Å². The van der Waals surface area contributed by atoms with Gasteiger partial charge in [0.15, 0.2) is 0 Å². The van der Waals surface area contributed by atoms with Gasteiger partial charge >= 0.3 is 11.9 Å². The number of fused-ring (bicyclic) bond motifs is 2. The summed E-state index contributed by atoms with van der Waals surface area (Å²) < 4.78 is 5.68. The molecule has 5 fully saturated rings. The van der Waals surface area contributed by atoms with E-state index in [0.29, 0.717) is 28.6 Å². The van der Waals surface area contributed by atoms with Gasteiger partial charge in [0.2, 0.25) is 0 Å². The van der Waals surface area contributed by atoms with E-state index in [0.717, 1.165) is 31.1 Å². The van der Waals surface area contributed by atoms with Gasteiger partial charge in [0, 0.05) is 6.92 Å². The quantitative estimate of drug-likeness (QED) is 0.300. The lowest BCUT2D eigenvalue weighted by molar-refractivity contribution is -0.198. The van der Waals surface area contributed by atoms with Crippen LogP contribution in [0.25, 0.3) is 0 Å². The van der Waals surface area contributed by atoms with Gasteiger partial charge in [-0.15, -0.1) is 0 Å². The number of carbonyl (C=O) groups excluding carboxylic acids is 1. The third-order valence-electron chi connectivity index (χ3n) is 13.4. The standard InChI is InChI=1S/C32H50O4/c1-20(2)9-8-10-21(3)23-13-15-29(6)24-11-12-25-30(7,27(34)35)26(36-22(4)33)14-16-31(25)19-32(24,31)18-17-28(23,29)5/h9,21,23-26H,8,10-19H2,1-7H3,(H,34,35)/t21-,23-,24?,25+,26+,28-,29+,30+,31?,32?/m1/s1. The van der Waals surface area contributed by atoms with E-state index in [1.54, 1.807) is 0 Å². The number of aliphatic carboxylic acids is 1. The molecule has 0 radical (unpaired) electrons. The molecule has 0 bridgehead atoms. The Kier molecular flexibility index (Phi) is 6.09. The lowest BCUT2D eigenvalue weighted by atomic mass is 9.41. The normalized spacial score (nSPS) is 49.5. The maximum atomic E-state index is 12.8. The summed E-state index contributed by atoms with van der Waals surface area (Å²) in [4.78, 5) is 24.7. The summed E-state index contributed by atoms with van der Waals surface area (Å²) in [6.45, 7) is 15.5. The number of hydrogen-bond donors (Lipinski definition) is 1. The Balaban J connectivity index is 1.42. The molecule has 1 N–H and O–H groups in total. The van der Waals surface area contributed by atoms with Crippen LogP contribution >= 0.6 is 0 Å². The Morgan fingerprint density at radius 1 is 0.917 bits per heavy atom. The Bertz CT molecular complexity index is 965. The van der Waals surface area contributed by atoms with E-state index in [2.05, 4.69) is 40.7 Å². The molecule has 5 saturated carbocycles. The molecule has 0 saturated heterocycles. The Morgan fingerprint density at radius 2 is 1.58 bits per heavy atom. The van der Waals surface area contributed by atoms with E-state index in [9.17, 15) is 14.7 Å². The predicted molar refractivity (Wildman–Crippen MR) is 142 cm³/mol. The van der Waals surface area contributed by atoms with Crippen LogP contribution in [0.1, 0.15) is 119 Å². The van der Waals surface area contributed by atoms with Gasteiger partial charge in [-0.05, 0) is 137 Å². The molecule has 10 atom stereocenters. The molecule has 0 aliphatic heterocycles. The monoisotopic (exact) mass is 498 g/mol. The number of carboxylic acids is 1. The highest BCUT2D eigenvalue weighted by atomic mass is 16.5. The highest BCUT2D eigenvalue weighted by Crippen LogP contribution is 2.89. The average molecular weight is 499 g/mol. The molecule has 0 amide bonds. The summed E-state index contributed by atoms with van der Waals surface area (Å²) in [5.74, 6) is 1.25. The van der Waals surface area contributed by atoms with Crippen LogP contribution in [-0.4, -0.2) is 23.1 Å². The fourth-order valence-corrected chi connectivity index (χ4v) is 11.5. The number of allylic oxidation sites excluding steroid dienone is 2. The summed E-state index contributed by atoms with van der Waals surface area (Å²) in [7, 11) is 0. The summed E-state index contributed by atoms with van der Waals surface area (Å²) in [6, 6.07) is 0. The molecule has 2 spiro atoms. The van der Waals surface area contributed by atoms with Crippen LogP contribution in [0.5, 0.6) is 0 Å². The Morgan fingerprint density at radius 3 is 2.22 bits per heavy atom. The maximum absolute atomic E-state index is 12.8. The number of esters is 1. The first-order chi connectivity index (χ1) is 16.8. The number of hydrogen-bond acceptors (Lipinski definition) is 3. The van der Waals surface area contributed by atoms with Crippen molar-refractivity contribution in [2.24, 2.45) is 50.7 Å². The number of carbonyl (C=O) groups is 2. The zero-order valence-corrected chi connectivity index (χ0v) is 23.9. The first-order valence-electron chi connectivity index (χ1n) is 14.8. The molecule has 0 aromatic heterocycles. The molecule has 202 valence electrons. The van der Waals surface area contributed by atoms with Crippen molar-refractivity contribution in [2.45, 2.75) is 125 Å². The molecule has 4 nitrogen and oxygen atoms in total. The van der Waals surface area contributed by atoms with Crippen LogP contribution in [-0.2, 0) is 14.3 Å². The van der Waals surface area contributed by atoms with Crippen molar-refractivity contribution >= 4 is 11.9 Å². The van der Waals surface area contributed by atoms with E-state index < -0.39 is 17.5 Å². The van der Waals surface area contributed by atoms with Gasteiger partial charge in [-0.3, -0.25) is 9.59 Å². The van der Waals surface area contributed by atoms with Crippen molar-refractivity contribution in [3.63, 3.8) is 0 Å². The molecule has 5 rings (SSSR count). The van der Waals surface area contributed by atoms with E-state index in [1.807, 2.05) is 6.92 Å². The highest BCUT2D eigenvalue weighted by Gasteiger charge is 2.83. The minimum Gasteiger partial charge on any atom is -0.481 e. The molecule has 5 aliphatic carbocycles. The first-order valence-corrected chi connectivity index (χ1v) is 14.8. The first kappa shape index (κ1) is 26.3. The van der Waals surface area contributed by atoms with E-state index >= 15 is 0 Å². The van der Waals surface area contributed by atoms with Crippen LogP contribution in [0, 0.1) is 50.7 Å². The van der Waals surface area contributed by atoms with Crippen LogP contribution < -0.4 is 0 Å². The van der Waals surface area contributed by atoms with Gasteiger partial charge in [0.25, 0.3) is 0 Å². The summed E-state index contributed by atoms with van der Waals surface area (Å²) >= 11 is 0. The van der Waals surface area contributed by atoms with Gasteiger partial charge in [0.05, 0.1) is 0 Å². The molecule has 36 heavy (non-hydrogen) atoms. The Hall–Kier alpha value is -1.32. The van der Waals surface area contributed by atoms with Crippen molar-refractivity contribution in [2.75, 3.05) is 0 Å². The summed E-state index contributed by atoms with van der Waals surface area (Å²) in [5.41, 5.74) is 1.63. The Labute approximate surface area is 219 Å². The molecular weight excluding hydrogens is 448 g/mol. The predicted octanol–water partition coefficient (Wildman–Crippen LogP) is 7.80. The van der Waals surface area contributed by atoms with E-state index in [-0.39, 0.29) is 17.3 Å². The van der Waals surface area contributed by atoms with Crippen molar-refractivity contribution in [1.82, 2.24) is 0 Å². The van der Waals surface area contributed by atoms with Crippen LogP contribution in [0.3, 0.4) is 0 Å². The topological polar surface area (TPSA) is 63.6 Å². The van der Waals surface area contributed by atoms with Crippen LogP contribution in [0.4, 0.5) is 0 Å². The second kappa shape index (κ2) is 8.34. The molecular formula is C32H50O4. The number of ether oxygens (including phenoxy) is 1. The lowest BCUT2D eigenvalue weighted by Crippen LogP contribution is -2.60. The van der Waals surface area contributed by atoms with E-state index in [4.69, 9.17) is 4.74 Å². The minimum atomic E-state index is -0.975. The van der Waals surface area contributed by atoms with Gasteiger partial charge in [-0.25, -0.2) is 0 Å². The number of carboxylic acid groups (broad SMARTS) is 1. The molecule has 0 aromatic carbocycles. The fraction of sp³-hybridized carbons (Fsp3) is 0.875. The minimum absolute atomic E-state index is 0.116. The molecule has 0 aromatic rings. The zero-order valence-electron chi connectivity index (χ0n) is 23.9. The highest BCUT2D eigenvalue weighted by molar-refractivity contribution is 5.77. The van der Waals surface area contributed by atoms with Gasteiger partial charge in [-0.1, -0.05) is 32.4 Å². The fourth-order valence-electron chi connectivity index (χ4n) is 11.5. The largest absolute Gasteiger partial charge is 0.481 e. The molecule has 5 aliphatic rings. The molecule has 4 heteroatoms. The van der Waals surface area contributed by atoms with Crippen molar-refractivity contribution in [1.29, 1.82) is 0 Å². The maximum Gasteiger partial charge on any atom is 0.313 e. The van der Waals surface area contributed by atoms with Crippen LogP contribution in [0.15, 0.2) is 11.6 Å². The van der Waals surface area contributed by atoms with Gasteiger partial charge in [0.1, 0.15) is 11.5 Å². The number of rotatable bonds is 6. The summed E-state index contributed by atoms with van der Waals surface area (Å²) in [6.07, 6.45) is 14.7. The third kappa shape index (κ3) is 3.24. The zero-order chi connectivity index (χ0) is 26.3. The third-order valence-corrected chi connectivity index (χ3v) is 13.4. The second-order valence-corrected chi connectivity index (χ2v) is 14.7. The van der Waals surface area contributed by atoms with Crippen LogP contribution in [0.2, 0.25) is 0 Å². The van der Waals surface area contributed by atoms with Gasteiger partial charge < -0.3 is 9.84 Å².